The molecular formula is C18H12N8O3. The largest absolute Gasteiger partial charge is 0.508 e. The Balaban J connectivity index is 1.91. The number of fused-ring (bicyclic) bond motifs is 3. The van der Waals surface area contributed by atoms with Gasteiger partial charge in [0.2, 0.25) is 0 Å². The van der Waals surface area contributed by atoms with E-state index in [0.717, 1.165) is 0 Å². The highest BCUT2D eigenvalue weighted by Crippen LogP contribution is 2.28. The lowest BCUT2D eigenvalue weighted by molar-refractivity contribution is 0.0997. The number of rotatable bonds is 4. The van der Waals surface area contributed by atoms with Crippen LogP contribution in [0.2, 0.25) is 0 Å². The summed E-state index contributed by atoms with van der Waals surface area (Å²) < 4.78 is 6.72. The Morgan fingerprint density at radius 2 is 2.17 bits per heavy atom. The molecule has 1 N–H and O–H groups in total. The van der Waals surface area contributed by atoms with Crippen LogP contribution in [0.15, 0.2) is 52.6 Å². The molecule has 2 heterocycles. The van der Waals surface area contributed by atoms with Crippen LogP contribution in [0.1, 0.15) is 15.9 Å². The molecule has 11 nitrogen and oxygen atoms in total. The number of azide groups is 1. The minimum atomic E-state index is -0.776. The quantitative estimate of drug-likeness (QED) is 0.245. The third-order valence-corrected chi connectivity index (χ3v) is 4.16. The lowest BCUT2D eigenvalue weighted by Crippen LogP contribution is -2.02. The number of amides is 1. The molecule has 0 aliphatic heterocycles. The molecule has 0 atom stereocenters. The molecule has 0 spiro atoms. The average Bonchev–Trinajstić information content (AvgIpc) is 3.21. The standard InChI is InChI=1S/C18H12N8O3/c1-29-16-6-10-5-11(9-20-12-3-2-4-13(27)7-12)17-21-24-25-26(17)15(10)8-14(16)18(28)22-23-19/h2-9,27H,1H3. The molecule has 0 aliphatic rings. The molecule has 0 fully saturated rings. The number of aromatic nitrogens is 4. The van der Waals surface area contributed by atoms with Crippen molar-refractivity contribution >= 4 is 34.4 Å². The molecule has 2 aromatic heterocycles. The van der Waals surface area contributed by atoms with Crippen molar-refractivity contribution in [2.75, 3.05) is 7.11 Å². The first-order valence-corrected chi connectivity index (χ1v) is 8.26. The van der Waals surface area contributed by atoms with Crippen LogP contribution >= 0.6 is 0 Å². The maximum absolute atomic E-state index is 12.1. The Kier molecular flexibility index (Phi) is 4.47. The summed E-state index contributed by atoms with van der Waals surface area (Å²) in [5.41, 5.74) is 10.7. The second kappa shape index (κ2) is 7.25. The zero-order valence-electron chi connectivity index (χ0n) is 15.0. The van der Waals surface area contributed by atoms with Gasteiger partial charge in [-0.1, -0.05) is 6.07 Å². The summed E-state index contributed by atoms with van der Waals surface area (Å²) in [6, 6.07) is 11.4. The monoisotopic (exact) mass is 388 g/mol. The molecule has 4 rings (SSSR count). The van der Waals surface area contributed by atoms with E-state index in [1.165, 1.54) is 23.8 Å². The Hall–Kier alpha value is -4.50. The molecule has 142 valence electrons. The van der Waals surface area contributed by atoms with Crippen molar-refractivity contribution in [2.24, 2.45) is 10.1 Å². The number of carbonyl (C=O) groups excluding carboxylic acids is 1. The number of ether oxygens (including phenoxy) is 1. The predicted molar refractivity (Wildman–Crippen MR) is 104 cm³/mol. The summed E-state index contributed by atoms with van der Waals surface area (Å²) in [4.78, 5) is 19.0. The van der Waals surface area contributed by atoms with Crippen molar-refractivity contribution in [3.05, 3.63) is 64.0 Å². The van der Waals surface area contributed by atoms with Crippen LogP contribution in [-0.2, 0) is 0 Å². The van der Waals surface area contributed by atoms with Crippen LogP contribution in [0.3, 0.4) is 0 Å². The number of nitrogens with zero attached hydrogens (tertiary/aromatic N) is 8. The van der Waals surface area contributed by atoms with Gasteiger partial charge in [-0.25, -0.2) is 0 Å². The van der Waals surface area contributed by atoms with Crippen molar-refractivity contribution in [1.29, 1.82) is 0 Å². The number of aromatic hydroxyl groups is 1. The van der Waals surface area contributed by atoms with Crippen LogP contribution in [0.25, 0.3) is 27.0 Å². The number of hydrogen-bond acceptors (Lipinski definition) is 7. The van der Waals surface area contributed by atoms with Gasteiger partial charge in [0.15, 0.2) is 5.65 Å². The molecule has 29 heavy (non-hydrogen) atoms. The maximum atomic E-state index is 12.1. The summed E-state index contributed by atoms with van der Waals surface area (Å²) in [7, 11) is 1.41. The van der Waals surface area contributed by atoms with Gasteiger partial charge in [0.1, 0.15) is 11.5 Å². The Labute approximate surface area is 162 Å². The van der Waals surface area contributed by atoms with Gasteiger partial charge in [-0.05, 0) is 51.4 Å². The molecular weight excluding hydrogens is 376 g/mol. The summed E-state index contributed by atoms with van der Waals surface area (Å²) >= 11 is 0. The first-order valence-electron chi connectivity index (χ1n) is 8.26. The molecule has 4 aromatic rings. The topological polar surface area (TPSA) is 151 Å². The molecule has 1 amide bonds. The fourth-order valence-electron chi connectivity index (χ4n) is 2.89. The number of tetrazole rings is 1. The van der Waals surface area contributed by atoms with E-state index < -0.39 is 5.91 Å². The highest BCUT2D eigenvalue weighted by atomic mass is 16.5. The minimum absolute atomic E-state index is 0.0933. The number of pyridine rings is 1. The highest BCUT2D eigenvalue weighted by Gasteiger charge is 2.16. The zero-order valence-corrected chi connectivity index (χ0v) is 15.0. The van der Waals surface area contributed by atoms with Crippen LogP contribution in [0.4, 0.5) is 5.69 Å². The van der Waals surface area contributed by atoms with E-state index in [1.54, 1.807) is 36.5 Å². The number of carbonyl (C=O) groups is 1. The van der Waals surface area contributed by atoms with E-state index >= 15 is 0 Å². The molecule has 0 bridgehead atoms. The number of methoxy groups -OCH3 is 1. The number of hydrogen-bond donors (Lipinski definition) is 1. The molecule has 0 aliphatic carbocycles. The fourth-order valence-corrected chi connectivity index (χ4v) is 2.89. The van der Waals surface area contributed by atoms with Gasteiger partial charge in [-0.15, -0.1) is 5.10 Å². The molecule has 2 aromatic carbocycles. The van der Waals surface area contributed by atoms with Gasteiger partial charge >= 0.3 is 0 Å². The SMILES string of the molecule is COc1cc2cc(C=Nc3cccc(O)c3)c3nnnn3c2cc1C(=O)N=[N+]=[N-]. The van der Waals surface area contributed by atoms with Crippen molar-refractivity contribution in [3.63, 3.8) is 0 Å². The normalized spacial score (nSPS) is 11.1. The Bertz CT molecular complexity index is 1340. The van der Waals surface area contributed by atoms with E-state index in [2.05, 4.69) is 30.5 Å². The van der Waals surface area contributed by atoms with Crippen LogP contribution < -0.4 is 4.74 Å². The Morgan fingerprint density at radius 3 is 2.93 bits per heavy atom. The predicted octanol–water partition coefficient (Wildman–Crippen LogP) is 3.19. The lowest BCUT2D eigenvalue weighted by Gasteiger charge is -2.09. The summed E-state index contributed by atoms with van der Waals surface area (Å²) in [6.07, 6.45) is 1.57. The van der Waals surface area contributed by atoms with Crippen molar-refractivity contribution in [3.8, 4) is 11.5 Å². The van der Waals surface area contributed by atoms with Crippen LogP contribution in [0, 0.1) is 0 Å². The first kappa shape index (κ1) is 17.9. The second-order valence-corrected chi connectivity index (χ2v) is 5.90. The molecule has 0 unspecified atom stereocenters. The maximum Gasteiger partial charge on any atom is 0.252 e. The molecule has 11 heteroatoms. The third kappa shape index (κ3) is 3.29. The van der Waals surface area contributed by atoms with Gasteiger partial charge in [-0.2, -0.15) is 4.52 Å². The lowest BCUT2D eigenvalue weighted by atomic mass is 10.1. The second-order valence-electron chi connectivity index (χ2n) is 5.90. The average molecular weight is 388 g/mol. The van der Waals surface area contributed by atoms with E-state index in [4.69, 9.17) is 10.3 Å². The zero-order chi connectivity index (χ0) is 20.4. The van der Waals surface area contributed by atoms with Crippen molar-refractivity contribution in [1.82, 2.24) is 20.0 Å². The third-order valence-electron chi connectivity index (χ3n) is 4.16. The van der Waals surface area contributed by atoms with Crippen molar-refractivity contribution in [2.45, 2.75) is 0 Å². The van der Waals surface area contributed by atoms with Crippen molar-refractivity contribution < 1.29 is 14.6 Å². The van der Waals surface area contributed by atoms with Crippen LogP contribution in [0.5, 0.6) is 11.5 Å². The summed E-state index contributed by atoms with van der Waals surface area (Å²) in [5, 5.41) is 25.1. The number of phenols is 1. The van der Waals surface area contributed by atoms with Gasteiger partial charge < -0.3 is 9.84 Å². The summed E-state index contributed by atoms with van der Waals surface area (Å²) in [6.45, 7) is 0. The van der Waals surface area contributed by atoms with Gasteiger partial charge in [0, 0.05) is 28.1 Å². The summed E-state index contributed by atoms with van der Waals surface area (Å²) in [5.74, 6) is -0.422. The van der Waals surface area contributed by atoms with E-state index in [0.29, 0.717) is 27.8 Å². The van der Waals surface area contributed by atoms with Crippen LogP contribution in [-0.4, -0.2) is 44.4 Å². The molecule has 0 saturated carbocycles. The molecule has 0 radical (unpaired) electrons. The van der Waals surface area contributed by atoms with Gasteiger partial charge in [0.05, 0.1) is 23.9 Å². The number of phenolic OH excluding ortho intramolecular Hbond substituents is 1. The first-order chi connectivity index (χ1) is 14.1. The molecule has 0 saturated heterocycles. The fraction of sp³-hybridized carbons (Fsp3) is 0.0556. The smallest absolute Gasteiger partial charge is 0.252 e. The van der Waals surface area contributed by atoms with Gasteiger partial charge in [-0.3, -0.25) is 9.79 Å². The highest BCUT2D eigenvalue weighted by molar-refractivity contribution is 6.03. The van der Waals surface area contributed by atoms with Gasteiger partial charge in [0.25, 0.3) is 5.91 Å². The number of aliphatic imine (C=N–C) groups is 1. The van der Waals surface area contributed by atoms with E-state index in [-0.39, 0.29) is 17.1 Å². The number of benzene rings is 2. The van der Waals surface area contributed by atoms with E-state index in [9.17, 15) is 9.90 Å². The minimum Gasteiger partial charge on any atom is -0.508 e. The Morgan fingerprint density at radius 1 is 1.31 bits per heavy atom. The van der Waals surface area contributed by atoms with E-state index in [1.807, 2.05) is 0 Å².